The number of aryl methyl sites for hydroxylation is 1. The Bertz CT molecular complexity index is 1870. The number of benzene rings is 2. The fourth-order valence-corrected chi connectivity index (χ4v) is 6.61. The average Bonchev–Trinajstić information content (AvgIpc) is 3.09. The quantitative estimate of drug-likeness (QED) is 0.229. The number of barbiturate groups is 1. The molecule has 13 heteroatoms. The molecule has 2 heterocycles. The third-order valence-corrected chi connectivity index (χ3v) is 9.31. The molecular weight excluding hydrogens is 628 g/mol. The van der Waals surface area contributed by atoms with Gasteiger partial charge in [0, 0.05) is 41.9 Å². The minimum atomic E-state index is -0.820. The number of hydrogen-bond acceptors (Lipinski definition) is 9. The molecule has 4 N–H and O–H groups in total. The van der Waals surface area contributed by atoms with Crippen LogP contribution in [0.5, 0.6) is 0 Å². The maximum atomic E-state index is 13.8. The maximum Gasteiger partial charge on any atom is 0.338 e. The van der Waals surface area contributed by atoms with Crippen molar-refractivity contribution in [1.29, 1.82) is 0 Å². The molecule has 2 aliphatic rings. The maximum absolute atomic E-state index is 13.8. The van der Waals surface area contributed by atoms with E-state index in [1.807, 2.05) is 37.3 Å². The number of ether oxygens (including phenoxy) is 1. The second kappa shape index (κ2) is 14.9. The van der Waals surface area contributed by atoms with Crippen molar-refractivity contribution in [1.82, 2.24) is 18.9 Å². The van der Waals surface area contributed by atoms with Gasteiger partial charge in [0.05, 0.1) is 13.2 Å². The van der Waals surface area contributed by atoms with Crippen LogP contribution in [0.1, 0.15) is 66.9 Å². The van der Waals surface area contributed by atoms with Crippen molar-refractivity contribution in [3.8, 4) is 0 Å². The lowest BCUT2D eigenvalue weighted by Gasteiger charge is -2.45. The summed E-state index contributed by atoms with van der Waals surface area (Å²) in [6.45, 7) is 4.24. The van der Waals surface area contributed by atoms with Crippen LogP contribution in [0.15, 0.2) is 87.8 Å². The van der Waals surface area contributed by atoms with Crippen LogP contribution >= 0.6 is 0 Å². The van der Waals surface area contributed by atoms with Gasteiger partial charge in [0.1, 0.15) is 11.4 Å². The average molecular weight is 671 g/mol. The molecule has 1 aliphatic carbocycles. The van der Waals surface area contributed by atoms with Crippen LogP contribution in [0.3, 0.4) is 0 Å². The van der Waals surface area contributed by atoms with E-state index in [1.165, 1.54) is 10.8 Å². The molecule has 3 aromatic rings. The molecule has 1 aromatic heterocycles. The second-order valence-electron chi connectivity index (χ2n) is 12.8. The Hall–Kier alpha value is -5.30. The Morgan fingerprint density at radius 2 is 1.55 bits per heavy atom. The van der Waals surface area contributed by atoms with Crippen LogP contribution in [0, 0.1) is 12.3 Å². The number of imide groups is 2. The van der Waals surface area contributed by atoms with Crippen LogP contribution in [0.25, 0.3) is 0 Å². The van der Waals surface area contributed by atoms with Gasteiger partial charge in [0.25, 0.3) is 23.3 Å². The molecule has 1 saturated carbocycles. The van der Waals surface area contributed by atoms with Gasteiger partial charge in [-0.1, -0.05) is 61.9 Å². The highest BCUT2D eigenvalue weighted by atomic mass is 16.5. The van der Waals surface area contributed by atoms with E-state index in [0.29, 0.717) is 43.3 Å². The van der Waals surface area contributed by atoms with Crippen molar-refractivity contribution in [2.24, 2.45) is 16.9 Å². The SMILES string of the molecule is CCCCN1C(=O)C(=C(N)N)C(=O)N(C2CCC(COCc3ccccc3)(Cn3cc(C)c(=O)n(C(=O)c4ccccc4)c3=O)CC2)C1=O. The number of rotatable bonds is 11. The summed E-state index contributed by atoms with van der Waals surface area (Å²) >= 11 is 0. The summed E-state index contributed by atoms with van der Waals surface area (Å²) < 4.78 is 8.27. The molecule has 4 amide bonds. The normalized spacial score (nSPS) is 19.8. The first-order chi connectivity index (χ1) is 23.5. The van der Waals surface area contributed by atoms with E-state index in [1.54, 1.807) is 37.3 Å². The first kappa shape index (κ1) is 35.0. The second-order valence-corrected chi connectivity index (χ2v) is 12.8. The number of carbonyl (C=O) groups is 4. The van der Waals surface area contributed by atoms with E-state index >= 15 is 0 Å². The van der Waals surface area contributed by atoms with E-state index < -0.39 is 57.9 Å². The van der Waals surface area contributed by atoms with Crippen molar-refractivity contribution in [2.45, 2.75) is 71.6 Å². The molecule has 13 nitrogen and oxygen atoms in total. The van der Waals surface area contributed by atoms with Gasteiger partial charge in [-0.2, -0.15) is 4.57 Å². The molecular formula is C36H42N6O7. The van der Waals surface area contributed by atoms with E-state index in [-0.39, 0.29) is 30.8 Å². The number of nitrogens with two attached hydrogens (primary N) is 2. The number of carbonyl (C=O) groups excluding carboxylic acids is 4. The summed E-state index contributed by atoms with van der Waals surface area (Å²) in [4.78, 5) is 82.6. The largest absolute Gasteiger partial charge is 0.385 e. The van der Waals surface area contributed by atoms with Crippen LogP contribution in [-0.2, 0) is 27.5 Å². The summed E-state index contributed by atoms with van der Waals surface area (Å²) in [5, 5.41) is 0. The fourth-order valence-electron chi connectivity index (χ4n) is 6.61. The molecule has 1 aliphatic heterocycles. The molecule has 2 aromatic carbocycles. The van der Waals surface area contributed by atoms with Crippen molar-refractivity contribution in [3.05, 3.63) is 116 Å². The van der Waals surface area contributed by atoms with Crippen molar-refractivity contribution in [2.75, 3.05) is 13.2 Å². The molecule has 0 spiro atoms. The zero-order valence-electron chi connectivity index (χ0n) is 27.8. The van der Waals surface area contributed by atoms with Gasteiger partial charge < -0.3 is 16.2 Å². The van der Waals surface area contributed by atoms with Crippen LogP contribution in [0.2, 0.25) is 0 Å². The third kappa shape index (κ3) is 7.26. The molecule has 5 rings (SSSR count). The van der Waals surface area contributed by atoms with E-state index in [4.69, 9.17) is 16.2 Å². The summed E-state index contributed by atoms with van der Waals surface area (Å²) in [7, 11) is 0. The molecule has 0 unspecified atom stereocenters. The van der Waals surface area contributed by atoms with Gasteiger partial charge in [-0.05, 0) is 56.7 Å². The van der Waals surface area contributed by atoms with Gasteiger partial charge in [-0.15, -0.1) is 0 Å². The van der Waals surface area contributed by atoms with Crippen molar-refractivity contribution < 1.29 is 23.9 Å². The highest BCUT2D eigenvalue weighted by molar-refractivity contribution is 6.29. The first-order valence-electron chi connectivity index (χ1n) is 16.5. The Kier molecular flexibility index (Phi) is 10.6. The van der Waals surface area contributed by atoms with Gasteiger partial charge in [0.2, 0.25) is 0 Å². The topological polar surface area (TPSA) is 180 Å². The van der Waals surface area contributed by atoms with Gasteiger partial charge >= 0.3 is 11.7 Å². The number of aromatic nitrogens is 2. The lowest BCUT2D eigenvalue weighted by molar-refractivity contribution is -0.138. The Balaban J connectivity index is 1.45. The third-order valence-electron chi connectivity index (χ3n) is 9.31. The van der Waals surface area contributed by atoms with E-state index in [9.17, 15) is 28.8 Å². The Labute approximate surface area is 283 Å². The molecule has 49 heavy (non-hydrogen) atoms. The minimum Gasteiger partial charge on any atom is -0.385 e. The lowest BCUT2D eigenvalue weighted by Crippen LogP contribution is -2.61. The standard InChI is InChI=1S/C36H42N6O7/c1-3-4-19-40-32(45)28(29(37)38)33(46)41(35(40)48)27-15-17-36(18-16-27,23-49-21-25-11-7-5-8-12-25)22-39-20-24(2)30(43)42(34(39)47)31(44)26-13-9-6-10-14-26/h5-14,20,27H,3-4,15-19,21-23,37-38H2,1-2H3. The summed E-state index contributed by atoms with van der Waals surface area (Å²) in [5.74, 6) is -2.78. The number of unbranched alkanes of at least 4 members (excludes halogenated alkanes) is 1. The van der Waals surface area contributed by atoms with Crippen LogP contribution in [0.4, 0.5) is 4.79 Å². The van der Waals surface area contributed by atoms with Crippen molar-refractivity contribution >= 4 is 23.8 Å². The molecule has 1 saturated heterocycles. The first-order valence-corrected chi connectivity index (χ1v) is 16.5. The summed E-state index contributed by atoms with van der Waals surface area (Å²) in [6, 6.07) is 16.5. The highest BCUT2D eigenvalue weighted by Crippen LogP contribution is 2.41. The minimum absolute atomic E-state index is 0.112. The van der Waals surface area contributed by atoms with Gasteiger partial charge in [-0.25, -0.2) is 9.59 Å². The summed E-state index contributed by atoms with van der Waals surface area (Å²) in [5.41, 5.74) is 10.4. The number of amides is 4. The predicted octanol–water partition coefficient (Wildman–Crippen LogP) is 2.87. The predicted molar refractivity (Wildman–Crippen MR) is 181 cm³/mol. The van der Waals surface area contributed by atoms with E-state index in [2.05, 4.69) is 0 Å². The van der Waals surface area contributed by atoms with Crippen molar-refractivity contribution in [3.63, 3.8) is 0 Å². The fraction of sp³-hybridized carbons (Fsp3) is 0.389. The van der Waals surface area contributed by atoms with Crippen LogP contribution in [-0.4, -0.2) is 61.9 Å². The highest BCUT2D eigenvalue weighted by Gasteiger charge is 2.48. The van der Waals surface area contributed by atoms with Gasteiger partial charge in [-0.3, -0.25) is 33.5 Å². The number of hydrogen-bond donors (Lipinski definition) is 2. The zero-order valence-corrected chi connectivity index (χ0v) is 27.8. The van der Waals surface area contributed by atoms with E-state index in [0.717, 1.165) is 21.8 Å². The summed E-state index contributed by atoms with van der Waals surface area (Å²) in [6.07, 6.45) is 4.25. The lowest BCUT2D eigenvalue weighted by atomic mass is 9.72. The van der Waals surface area contributed by atoms with Crippen LogP contribution < -0.4 is 22.7 Å². The van der Waals surface area contributed by atoms with Gasteiger partial charge in [0.15, 0.2) is 0 Å². The number of nitrogens with zero attached hydrogens (tertiary/aromatic N) is 4. The number of urea groups is 1. The molecule has 0 atom stereocenters. The molecule has 0 radical (unpaired) electrons. The smallest absolute Gasteiger partial charge is 0.338 e. The Morgan fingerprint density at radius 1 is 0.918 bits per heavy atom. The monoisotopic (exact) mass is 670 g/mol. The zero-order chi connectivity index (χ0) is 35.3. The Morgan fingerprint density at radius 3 is 2.16 bits per heavy atom. The molecule has 2 fully saturated rings. The molecule has 0 bridgehead atoms. The molecule has 258 valence electrons.